The Labute approximate surface area is 126 Å². The molecule has 0 spiro atoms. The molecule has 1 aromatic rings. The van der Waals surface area contributed by atoms with E-state index in [0.717, 1.165) is 34.8 Å². The van der Waals surface area contributed by atoms with Gasteiger partial charge in [-0.15, -0.1) is 0 Å². The van der Waals surface area contributed by atoms with Gasteiger partial charge in [-0.1, -0.05) is 46.7 Å². The Morgan fingerprint density at radius 2 is 2.42 bits per heavy atom. The summed E-state index contributed by atoms with van der Waals surface area (Å²) in [7, 11) is 0. The molecule has 1 aliphatic heterocycles. The molecule has 102 valence electrons. The quantitative estimate of drug-likeness (QED) is 0.914. The van der Waals surface area contributed by atoms with Gasteiger partial charge < -0.3 is 5.32 Å². The average molecular weight is 341 g/mol. The number of nitrogens with zero attached hydrogens (tertiary/aromatic N) is 1. The van der Waals surface area contributed by atoms with Crippen LogP contribution in [0.15, 0.2) is 33.7 Å². The standard InChI is InChI=1S/C14H17BrN2OS/c1-2-11(8-10-4-3-5-12(15)9-10)13(18)17-14-16-6-7-19-14/h3-5,9,11H,2,6-8H2,1H3,(H,16,17,18). The van der Waals surface area contributed by atoms with Crippen LogP contribution in [0.5, 0.6) is 0 Å². The van der Waals surface area contributed by atoms with Crippen molar-refractivity contribution in [1.82, 2.24) is 5.32 Å². The highest BCUT2D eigenvalue weighted by Gasteiger charge is 2.19. The molecule has 3 nitrogen and oxygen atoms in total. The molecule has 0 aromatic heterocycles. The monoisotopic (exact) mass is 340 g/mol. The second-order valence-electron chi connectivity index (χ2n) is 4.46. The zero-order valence-corrected chi connectivity index (χ0v) is 13.3. The number of nitrogens with one attached hydrogen (secondary N) is 1. The Morgan fingerprint density at radius 3 is 3.05 bits per heavy atom. The zero-order valence-electron chi connectivity index (χ0n) is 10.9. The van der Waals surface area contributed by atoms with Crippen LogP contribution in [0.2, 0.25) is 0 Å². The minimum atomic E-state index is -0.00167. The van der Waals surface area contributed by atoms with Gasteiger partial charge >= 0.3 is 0 Å². The molecule has 1 aromatic carbocycles. The van der Waals surface area contributed by atoms with E-state index >= 15 is 0 Å². The topological polar surface area (TPSA) is 41.5 Å². The average Bonchev–Trinajstić information content (AvgIpc) is 2.88. The Kier molecular flexibility index (Phi) is 5.45. The summed E-state index contributed by atoms with van der Waals surface area (Å²) < 4.78 is 1.05. The number of carbonyl (C=O) groups is 1. The first-order valence-corrected chi connectivity index (χ1v) is 8.19. The van der Waals surface area contributed by atoms with Crippen molar-refractivity contribution in [3.8, 4) is 0 Å². The summed E-state index contributed by atoms with van der Waals surface area (Å²) in [5.74, 6) is 1.05. The normalized spacial score (nSPS) is 16.0. The van der Waals surface area contributed by atoms with Gasteiger partial charge in [0.2, 0.25) is 5.91 Å². The summed E-state index contributed by atoms with van der Waals surface area (Å²) in [4.78, 5) is 16.5. The number of amidine groups is 1. The summed E-state index contributed by atoms with van der Waals surface area (Å²) in [6.07, 6.45) is 1.59. The maximum Gasteiger partial charge on any atom is 0.229 e. The van der Waals surface area contributed by atoms with Crippen LogP contribution in [0, 0.1) is 5.92 Å². The molecule has 1 heterocycles. The fourth-order valence-electron chi connectivity index (χ4n) is 1.99. The van der Waals surface area contributed by atoms with Crippen molar-refractivity contribution in [1.29, 1.82) is 0 Å². The number of aliphatic imine (C=N–C) groups is 1. The van der Waals surface area contributed by atoms with Crippen molar-refractivity contribution in [3.05, 3.63) is 34.3 Å². The molecule has 2 rings (SSSR count). The van der Waals surface area contributed by atoms with Crippen LogP contribution in [0.4, 0.5) is 0 Å². The Hall–Kier alpha value is -0.810. The van der Waals surface area contributed by atoms with Crippen LogP contribution in [-0.4, -0.2) is 23.4 Å². The summed E-state index contributed by atoms with van der Waals surface area (Å²) in [5.41, 5.74) is 1.18. The number of halogens is 1. The SMILES string of the molecule is CCC(Cc1cccc(Br)c1)C(=O)NC1=NCCS1. The molecule has 5 heteroatoms. The third-order valence-corrected chi connectivity index (χ3v) is 4.43. The molecule has 19 heavy (non-hydrogen) atoms. The molecule has 0 aliphatic carbocycles. The summed E-state index contributed by atoms with van der Waals surface area (Å²) in [6.45, 7) is 2.86. The number of hydrogen-bond donors (Lipinski definition) is 1. The van der Waals surface area contributed by atoms with Gasteiger partial charge in [-0.25, -0.2) is 0 Å². The van der Waals surface area contributed by atoms with Crippen LogP contribution in [0.25, 0.3) is 0 Å². The fourth-order valence-corrected chi connectivity index (χ4v) is 3.17. The van der Waals surface area contributed by atoms with Gasteiger partial charge in [0.15, 0.2) is 5.17 Å². The van der Waals surface area contributed by atoms with Gasteiger partial charge in [-0.05, 0) is 30.5 Å². The number of thioether (sulfide) groups is 1. The van der Waals surface area contributed by atoms with E-state index in [0.29, 0.717) is 0 Å². The molecule has 1 amide bonds. The highest BCUT2D eigenvalue weighted by atomic mass is 79.9. The first kappa shape index (κ1) is 14.6. The molecule has 0 radical (unpaired) electrons. The Morgan fingerprint density at radius 1 is 1.58 bits per heavy atom. The molecule has 0 fully saturated rings. The van der Waals surface area contributed by atoms with E-state index in [9.17, 15) is 4.79 Å². The lowest BCUT2D eigenvalue weighted by Crippen LogP contribution is -2.34. The lowest BCUT2D eigenvalue weighted by molar-refractivity contribution is -0.123. The van der Waals surface area contributed by atoms with Crippen LogP contribution < -0.4 is 5.32 Å². The number of rotatable bonds is 4. The van der Waals surface area contributed by atoms with Gasteiger partial charge in [-0.2, -0.15) is 0 Å². The van der Waals surface area contributed by atoms with Gasteiger partial charge in [0.25, 0.3) is 0 Å². The maximum atomic E-state index is 12.2. The fraction of sp³-hybridized carbons (Fsp3) is 0.429. The van der Waals surface area contributed by atoms with E-state index in [1.54, 1.807) is 11.8 Å². The number of hydrogen-bond acceptors (Lipinski definition) is 3. The van der Waals surface area contributed by atoms with E-state index in [-0.39, 0.29) is 11.8 Å². The number of carbonyl (C=O) groups excluding carboxylic acids is 1. The van der Waals surface area contributed by atoms with Crippen molar-refractivity contribution in [2.75, 3.05) is 12.3 Å². The van der Waals surface area contributed by atoms with E-state index in [4.69, 9.17) is 0 Å². The minimum absolute atomic E-state index is 0.00167. The third-order valence-electron chi connectivity index (χ3n) is 3.05. The predicted octanol–water partition coefficient (Wildman–Crippen LogP) is 3.24. The van der Waals surface area contributed by atoms with E-state index < -0.39 is 0 Å². The van der Waals surface area contributed by atoms with E-state index in [1.165, 1.54) is 5.56 Å². The van der Waals surface area contributed by atoms with Crippen molar-refractivity contribution >= 4 is 38.8 Å². The van der Waals surface area contributed by atoms with Crippen molar-refractivity contribution in [2.45, 2.75) is 19.8 Å². The molecule has 1 N–H and O–H groups in total. The van der Waals surface area contributed by atoms with Crippen molar-refractivity contribution in [3.63, 3.8) is 0 Å². The minimum Gasteiger partial charge on any atom is -0.305 e. The molecule has 1 unspecified atom stereocenters. The highest BCUT2D eigenvalue weighted by molar-refractivity contribution is 9.10. The molecule has 0 saturated heterocycles. The van der Waals surface area contributed by atoms with Crippen molar-refractivity contribution in [2.24, 2.45) is 10.9 Å². The first-order chi connectivity index (χ1) is 9.19. The van der Waals surface area contributed by atoms with Crippen molar-refractivity contribution < 1.29 is 4.79 Å². The zero-order chi connectivity index (χ0) is 13.7. The van der Waals surface area contributed by atoms with Gasteiger partial charge in [0, 0.05) is 16.1 Å². The largest absolute Gasteiger partial charge is 0.305 e. The van der Waals surface area contributed by atoms with Crippen LogP contribution in [0.3, 0.4) is 0 Å². The third kappa shape index (κ3) is 4.35. The Balaban J connectivity index is 1.97. The smallest absolute Gasteiger partial charge is 0.229 e. The van der Waals surface area contributed by atoms with Crippen LogP contribution >= 0.6 is 27.7 Å². The maximum absolute atomic E-state index is 12.2. The lowest BCUT2D eigenvalue weighted by atomic mass is 9.96. The predicted molar refractivity (Wildman–Crippen MR) is 84.5 cm³/mol. The second kappa shape index (κ2) is 7.10. The molecular formula is C14H17BrN2OS. The highest BCUT2D eigenvalue weighted by Crippen LogP contribution is 2.18. The summed E-state index contributed by atoms with van der Waals surface area (Å²) >= 11 is 5.08. The first-order valence-electron chi connectivity index (χ1n) is 6.41. The van der Waals surface area contributed by atoms with Crippen LogP contribution in [0.1, 0.15) is 18.9 Å². The Bertz CT molecular complexity index is 490. The molecule has 0 saturated carbocycles. The molecule has 1 atom stereocenters. The van der Waals surface area contributed by atoms with E-state index in [1.807, 2.05) is 19.1 Å². The second-order valence-corrected chi connectivity index (χ2v) is 6.46. The molecular weight excluding hydrogens is 324 g/mol. The van der Waals surface area contributed by atoms with E-state index in [2.05, 4.69) is 38.4 Å². The molecule has 0 bridgehead atoms. The number of benzene rings is 1. The van der Waals surface area contributed by atoms with Gasteiger partial charge in [0.05, 0.1) is 6.54 Å². The number of amides is 1. The van der Waals surface area contributed by atoms with Gasteiger partial charge in [0.1, 0.15) is 0 Å². The summed E-state index contributed by atoms with van der Waals surface area (Å²) in [5, 5.41) is 3.70. The van der Waals surface area contributed by atoms with Gasteiger partial charge in [-0.3, -0.25) is 9.79 Å². The lowest BCUT2D eigenvalue weighted by Gasteiger charge is -2.15. The molecule has 1 aliphatic rings. The summed E-state index contributed by atoms with van der Waals surface area (Å²) in [6, 6.07) is 8.12. The van der Waals surface area contributed by atoms with Crippen LogP contribution in [-0.2, 0) is 11.2 Å².